The third-order valence-corrected chi connectivity index (χ3v) is 3.14. The van der Waals surface area contributed by atoms with Gasteiger partial charge >= 0.3 is 5.97 Å². The molecule has 0 saturated heterocycles. The van der Waals surface area contributed by atoms with E-state index in [4.69, 9.17) is 0 Å². The van der Waals surface area contributed by atoms with E-state index >= 15 is 0 Å². The summed E-state index contributed by atoms with van der Waals surface area (Å²) in [5.41, 5.74) is 0.0188. The highest BCUT2D eigenvalue weighted by Gasteiger charge is 2.29. The Morgan fingerprint density at radius 1 is 0.950 bits per heavy atom. The van der Waals surface area contributed by atoms with Crippen LogP contribution in [-0.2, 0) is 9.59 Å². The number of hydrogen-bond acceptors (Lipinski definition) is 3. The van der Waals surface area contributed by atoms with Gasteiger partial charge in [0.2, 0.25) is 0 Å². The van der Waals surface area contributed by atoms with Gasteiger partial charge in [-0.25, -0.2) is 9.69 Å². The number of aromatic carboxylic acids is 1. The molecule has 1 aliphatic heterocycles. The number of benzene rings is 2. The van der Waals surface area contributed by atoms with Gasteiger partial charge in [-0.3, -0.25) is 9.59 Å². The fraction of sp³-hybridized carbons (Fsp3) is 0. The van der Waals surface area contributed by atoms with Gasteiger partial charge in [0.25, 0.3) is 11.8 Å². The number of anilines is 1. The van der Waals surface area contributed by atoms with Crippen molar-refractivity contribution in [2.24, 2.45) is 0 Å². The van der Waals surface area contributed by atoms with Crippen LogP contribution in [0.5, 0.6) is 0 Å². The maximum atomic E-state index is 11.7. The van der Waals surface area contributed by atoms with E-state index in [1.165, 1.54) is 6.07 Å². The van der Waals surface area contributed by atoms with Crippen LogP contribution in [0.3, 0.4) is 0 Å². The summed E-state index contributed by atoms with van der Waals surface area (Å²) in [6.45, 7) is 0. The SMILES string of the molecule is O=C(O)c1cc2ccccc2cc1N1C(=O)C=CC1=O. The summed E-state index contributed by atoms with van der Waals surface area (Å²) < 4.78 is 0. The van der Waals surface area contributed by atoms with E-state index in [0.717, 1.165) is 27.8 Å². The molecule has 2 amide bonds. The fourth-order valence-corrected chi connectivity index (χ4v) is 2.22. The quantitative estimate of drug-likeness (QED) is 0.844. The zero-order chi connectivity index (χ0) is 14.3. The lowest BCUT2D eigenvalue weighted by Gasteiger charge is -2.17. The maximum absolute atomic E-state index is 11.7. The van der Waals surface area contributed by atoms with E-state index < -0.39 is 17.8 Å². The molecule has 0 fully saturated rings. The number of imide groups is 1. The van der Waals surface area contributed by atoms with Gasteiger partial charge in [-0.1, -0.05) is 24.3 Å². The molecule has 0 unspecified atom stereocenters. The number of carbonyl (C=O) groups excluding carboxylic acids is 2. The zero-order valence-corrected chi connectivity index (χ0v) is 10.2. The number of fused-ring (bicyclic) bond motifs is 1. The molecule has 0 saturated carbocycles. The molecular formula is C15H9NO4. The number of amides is 2. The molecule has 20 heavy (non-hydrogen) atoms. The number of carbonyl (C=O) groups is 3. The van der Waals surface area contributed by atoms with Crippen molar-refractivity contribution in [1.29, 1.82) is 0 Å². The van der Waals surface area contributed by atoms with Crippen molar-refractivity contribution in [3.8, 4) is 0 Å². The van der Waals surface area contributed by atoms with Gasteiger partial charge in [-0.15, -0.1) is 0 Å². The molecule has 98 valence electrons. The highest BCUT2D eigenvalue weighted by Crippen LogP contribution is 2.29. The zero-order valence-electron chi connectivity index (χ0n) is 10.2. The van der Waals surface area contributed by atoms with Crippen LogP contribution in [0.1, 0.15) is 10.4 Å². The molecular weight excluding hydrogens is 258 g/mol. The summed E-state index contributed by atoms with van der Waals surface area (Å²) in [4.78, 5) is 35.7. The van der Waals surface area contributed by atoms with Crippen LogP contribution >= 0.6 is 0 Å². The van der Waals surface area contributed by atoms with Crippen molar-refractivity contribution < 1.29 is 19.5 Å². The minimum Gasteiger partial charge on any atom is -0.478 e. The Morgan fingerprint density at radius 2 is 1.50 bits per heavy atom. The Bertz CT molecular complexity index is 774. The highest BCUT2D eigenvalue weighted by atomic mass is 16.4. The molecule has 0 atom stereocenters. The molecule has 2 aromatic carbocycles. The van der Waals surface area contributed by atoms with E-state index in [1.54, 1.807) is 30.3 Å². The molecule has 5 nitrogen and oxygen atoms in total. The Kier molecular flexibility index (Phi) is 2.61. The minimum absolute atomic E-state index is 0.0749. The predicted octanol–water partition coefficient (Wildman–Crippen LogP) is 1.97. The lowest BCUT2D eigenvalue weighted by molar-refractivity contribution is -0.119. The second-order valence-electron chi connectivity index (χ2n) is 4.37. The van der Waals surface area contributed by atoms with Crippen molar-refractivity contribution >= 4 is 34.2 Å². The van der Waals surface area contributed by atoms with Gasteiger partial charge in [0.05, 0.1) is 11.3 Å². The summed E-state index contributed by atoms with van der Waals surface area (Å²) in [6.07, 6.45) is 2.26. The van der Waals surface area contributed by atoms with Crippen molar-refractivity contribution in [3.63, 3.8) is 0 Å². The average Bonchev–Trinajstić information content (AvgIpc) is 2.76. The normalized spacial score (nSPS) is 14.3. The van der Waals surface area contributed by atoms with E-state index in [9.17, 15) is 19.5 Å². The smallest absolute Gasteiger partial charge is 0.337 e. The Morgan fingerprint density at radius 3 is 2.05 bits per heavy atom. The summed E-state index contributed by atoms with van der Waals surface area (Å²) in [6, 6.07) is 10.2. The average molecular weight is 267 g/mol. The van der Waals surface area contributed by atoms with Gasteiger partial charge in [-0.2, -0.15) is 0 Å². The van der Waals surface area contributed by atoms with Crippen molar-refractivity contribution in [1.82, 2.24) is 0 Å². The second kappa shape index (κ2) is 4.31. The number of hydrogen-bond donors (Lipinski definition) is 1. The first kappa shape index (κ1) is 12.1. The third kappa shape index (κ3) is 1.76. The van der Waals surface area contributed by atoms with Gasteiger partial charge < -0.3 is 5.11 Å². The molecule has 0 radical (unpaired) electrons. The second-order valence-corrected chi connectivity index (χ2v) is 4.37. The van der Waals surface area contributed by atoms with Crippen molar-refractivity contribution in [3.05, 3.63) is 54.1 Å². The molecule has 5 heteroatoms. The molecule has 0 aromatic heterocycles. The molecule has 3 rings (SSSR count). The van der Waals surface area contributed by atoms with Gasteiger partial charge in [0.1, 0.15) is 0 Å². The molecule has 1 N–H and O–H groups in total. The standard InChI is InChI=1S/C15H9NO4/c17-13-5-6-14(18)16(13)12-8-10-4-2-1-3-9(10)7-11(12)15(19)20/h1-8H,(H,19,20). The Balaban J connectivity index is 2.28. The van der Waals surface area contributed by atoms with Crippen LogP contribution in [0.15, 0.2) is 48.6 Å². The summed E-state index contributed by atoms with van der Waals surface area (Å²) in [5.74, 6) is -2.25. The van der Waals surface area contributed by atoms with E-state index in [1.807, 2.05) is 0 Å². The first-order valence-corrected chi connectivity index (χ1v) is 5.90. The van der Waals surface area contributed by atoms with Crippen molar-refractivity contribution in [2.75, 3.05) is 4.90 Å². The lowest BCUT2D eigenvalue weighted by Crippen LogP contribution is -2.31. The molecule has 1 heterocycles. The first-order chi connectivity index (χ1) is 9.58. The highest BCUT2D eigenvalue weighted by molar-refractivity contribution is 6.29. The van der Waals surface area contributed by atoms with Crippen LogP contribution in [0, 0.1) is 0 Å². The lowest BCUT2D eigenvalue weighted by atomic mass is 10.0. The van der Waals surface area contributed by atoms with Crippen molar-refractivity contribution in [2.45, 2.75) is 0 Å². The maximum Gasteiger partial charge on any atom is 0.337 e. The third-order valence-electron chi connectivity index (χ3n) is 3.14. The molecule has 0 aliphatic carbocycles. The topological polar surface area (TPSA) is 74.7 Å². The van der Waals surface area contributed by atoms with Gasteiger partial charge in [-0.05, 0) is 22.9 Å². The van der Waals surface area contributed by atoms with E-state index in [0.29, 0.717) is 0 Å². The number of carboxylic acid groups (broad SMARTS) is 1. The van der Waals surface area contributed by atoms with Gasteiger partial charge in [0, 0.05) is 12.2 Å². The van der Waals surface area contributed by atoms with Crippen LogP contribution in [0.25, 0.3) is 10.8 Å². The number of rotatable bonds is 2. The number of nitrogens with zero attached hydrogens (tertiary/aromatic N) is 1. The van der Waals surface area contributed by atoms with Gasteiger partial charge in [0.15, 0.2) is 0 Å². The molecule has 1 aliphatic rings. The van der Waals surface area contributed by atoms with Crippen LogP contribution in [0.2, 0.25) is 0 Å². The number of carboxylic acids is 1. The predicted molar refractivity (Wildman–Crippen MR) is 72.5 cm³/mol. The molecule has 0 spiro atoms. The van der Waals surface area contributed by atoms with Crippen LogP contribution in [-0.4, -0.2) is 22.9 Å². The Hall–Kier alpha value is -2.95. The summed E-state index contributed by atoms with van der Waals surface area (Å²) in [5, 5.41) is 10.8. The molecule has 0 bridgehead atoms. The van der Waals surface area contributed by atoms with E-state index in [2.05, 4.69) is 0 Å². The largest absolute Gasteiger partial charge is 0.478 e. The minimum atomic E-state index is -1.18. The summed E-state index contributed by atoms with van der Waals surface area (Å²) in [7, 11) is 0. The van der Waals surface area contributed by atoms with Crippen LogP contribution < -0.4 is 4.90 Å². The molecule has 2 aromatic rings. The Labute approximate surface area is 113 Å². The monoisotopic (exact) mass is 267 g/mol. The fourth-order valence-electron chi connectivity index (χ4n) is 2.22. The summed E-state index contributed by atoms with van der Waals surface area (Å²) >= 11 is 0. The van der Waals surface area contributed by atoms with E-state index in [-0.39, 0.29) is 11.3 Å². The van der Waals surface area contributed by atoms with Crippen LogP contribution in [0.4, 0.5) is 5.69 Å². The first-order valence-electron chi connectivity index (χ1n) is 5.90.